The molecule has 10 rings (SSSR count). The number of hydrogen-bond acceptors (Lipinski definition) is 12. The first-order valence-corrected chi connectivity index (χ1v) is 24.5. The molecule has 0 spiro atoms. The topological polar surface area (TPSA) is 234 Å². The number of carbonyl (C=O) groups is 3. The van der Waals surface area contributed by atoms with E-state index in [0.29, 0.717) is 50.6 Å². The summed E-state index contributed by atoms with van der Waals surface area (Å²) in [6.45, 7) is 1.78. The van der Waals surface area contributed by atoms with Gasteiger partial charge in [0.1, 0.15) is 22.6 Å². The number of aromatic nitrogens is 2. The second-order valence-electron chi connectivity index (χ2n) is 19.5. The summed E-state index contributed by atoms with van der Waals surface area (Å²) in [6, 6.07) is 32.6. The molecule has 74 heavy (non-hydrogen) atoms. The summed E-state index contributed by atoms with van der Waals surface area (Å²) in [7, 11) is 0. The highest BCUT2D eigenvalue weighted by Crippen LogP contribution is 2.37. The fourth-order valence-corrected chi connectivity index (χ4v) is 10.4. The number of aliphatic hydroxyl groups excluding tert-OH is 6. The summed E-state index contributed by atoms with van der Waals surface area (Å²) in [4.78, 5) is 41.2. The van der Waals surface area contributed by atoms with E-state index >= 15 is 4.39 Å². The van der Waals surface area contributed by atoms with Crippen molar-refractivity contribution in [2.75, 3.05) is 19.8 Å². The predicted octanol–water partition coefficient (Wildman–Crippen LogP) is 5.95. The van der Waals surface area contributed by atoms with Gasteiger partial charge in [-0.3, -0.25) is 14.4 Å². The molecule has 18 heteroatoms. The van der Waals surface area contributed by atoms with E-state index in [0.717, 1.165) is 28.0 Å². The zero-order valence-electron chi connectivity index (χ0n) is 40.2. The zero-order valence-corrected chi connectivity index (χ0v) is 41.0. The van der Waals surface area contributed by atoms with Crippen molar-refractivity contribution < 1.29 is 63.6 Å². The van der Waals surface area contributed by atoms with Crippen LogP contribution in [0.3, 0.4) is 0 Å². The highest BCUT2D eigenvalue weighted by atomic mass is 35.5. The Balaban J connectivity index is 0.931. The number of nitrogens with zero attached hydrogens (tertiary/aromatic N) is 2. The van der Waals surface area contributed by atoms with Crippen LogP contribution in [0.4, 0.5) is 4.39 Å². The van der Waals surface area contributed by atoms with Crippen molar-refractivity contribution in [2.45, 2.75) is 87.9 Å². The second kappa shape index (κ2) is 20.2. The number of fused-ring (bicyclic) bond motifs is 4. The van der Waals surface area contributed by atoms with Crippen molar-refractivity contribution in [3.8, 4) is 5.75 Å². The third-order valence-electron chi connectivity index (χ3n) is 14.6. The van der Waals surface area contributed by atoms with E-state index in [1.807, 2.05) is 59.2 Å². The van der Waals surface area contributed by atoms with Gasteiger partial charge < -0.3 is 64.6 Å². The Labute approximate surface area is 428 Å². The molecule has 8 aromatic rings. The lowest BCUT2D eigenvalue weighted by Gasteiger charge is -2.46. The van der Waals surface area contributed by atoms with E-state index in [4.69, 9.17) is 25.8 Å². The Morgan fingerprint density at radius 1 is 0.703 bits per heavy atom. The highest BCUT2D eigenvalue weighted by Gasteiger charge is 2.53. The normalized spacial score (nSPS) is 24.1. The number of rotatable bonds is 14. The van der Waals surface area contributed by atoms with Crippen molar-refractivity contribution in [1.82, 2.24) is 19.8 Å². The Bertz CT molecular complexity index is 3480. The van der Waals surface area contributed by atoms with Crippen LogP contribution in [0.2, 0.25) is 5.02 Å². The molecule has 2 saturated heterocycles. The molecule has 16 nitrogen and oxygen atoms in total. The molecule has 0 radical (unpaired) electrons. The number of hydrogen-bond donors (Lipinski definition) is 8. The van der Waals surface area contributed by atoms with Crippen LogP contribution in [0.5, 0.6) is 5.75 Å². The first-order chi connectivity index (χ1) is 35.5. The molecule has 2 aliphatic rings. The molecular formula is C56H54ClFN4O12. The number of ether oxygens (including phenoxy) is 3. The Morgan fingerprint density at radius 2 is 1.31 bits per heavy atom. The maximum Gasteiger partial charge on any atom is 0.254 e. The minimum absolute atomic E-state index is 0.0152. The molecule has 2 fully saturated rings. The molecule has 0 bridgehead atoms. The number of Topliss-reactive ketones (excluding diaryl/α,β-unsaturated/α-hetero) is 1. The lowest BCUT2D eigenvalue weighted by atomic mass is 9.85. The number of aliphatic hydroxyl groups is 6. The minimum Gasteiger partial charge on any atom is -0.462 e. The summed E-state index contributed by atoms with van der Waals surface area (Å²) in [6.07, 6.45) is -4.76. The van der Waals surface area contributed by atoms with Crippen molar-refractivity contribution in [3.63, 3.8) is 0 Å². The Kier molecular flexibility index (Phi) is 13.8. The third kappa shape index (κ3) is 9.29. The summed E-state index contributed by atoms with van der Waals surface area (Å²) in [5, 5.41) is 73.4. The summed E-state index contributed by atoms with van der Waals surface area (Å²) in [5.74, 6) is -1.98. The molecular weight excluding hydrogens is 975 g/mol. The molecule has 4 heterocycles. The summed E-state index contributed by atoms with van der Waals surface area (Å²) >= 11 is 6.27. The largest absolute Gasteiger partial charge is 0.462 e. The third-order valence-corrected chi connectivity index (χ3v) is 14.9. The van der Waals surface area contributed by atoms with Crippen LogP contribution >= 0.6 is 11.6 Å². The number of carbonyl (C=O) groups excluding carboxylic acids is 3. The zero-order chi connectivity index (χ0) is 52.2. The molecule has 384 valence electrons. The van der Waals surface area contributed by atoms with Gasteiger partial charge in [-0.05, 0) is 77.5 Å². The Morgan fingerprint density at radius 3 is 2.00 bits per heavy atom. The summed E-state index contributed by atoms with van der Waals surface area (Å²) < 4.78 is 36.9. The molecule has 2 aliphatic heterocycles. The van der Waals surface area contributed by atoms with Crippen LogP contribution in [0, 0.1) is 5.82 Å². The quantitative estimate of drug-likeness (QED) is 0.0591. The second-order valence-corrected chi connectivity index (χ2v) is 19.9. The van der Waals surface area contributed by atoms with Crippen LogP contribution < -0.4 is 15.4 Å². The fourth-order valence-electron chi connectivity index (χ4n) is 10.3. The smallest absolute Gasteiger partial charge is 0.254 e. The van der Waals surface area contributed by atoms with Gasteiger partial charge in [0.25, 0.3) is 11.8 Å². The van der Waals surface area contributed by atoms with Gasteiger partial charge in [0.2, 0.25) is 6.29 Å². The Hall–Kier alpha value is -6.77. The molecule has 0 aliphatic carbocycles. The lowest BCUT2D eigenvalue weighted by molar-refractivity contribution is -0.253. The van der Waals surface area contributed by atoms with Crippen LogP contribution in [0.15, 0.2) is 122 Å². The molecule has 2 amide bonds. The number of halogens is 2. The van der Waals surface area contributed by atoms with Gasteiger partial charge in [-0.15, -0.1) is 0 Å². The van der Waals surface area contributed by atoms with Gasteiger partial charge in [0.05, 0.1) is 65.9 Å². The van der Waals surface area contributed by atoms with E-state index in [-0.39, 0.29) is 41.1 Å². The SMILES string of the molecule is CC(=O)c1ccc2c(C(=O)N[C@@]3(C)C(Oc4cccc5cc(Cn6cc(C(=O)N[C@@]7(CO)C(O)O[C@H](CO)C[C@@H]7O)c7cc(F)c(Cl)cc76)ccc45)O[C@H](CO)C[C@@H]3O)cn(Cc3ccc4ccccc4c3)c2c1. The standard InChI is InChI=1S/C56H54ClFN4O12/c1-30(66)34-13-15-40-42(25-61(46(40)18-34)23-31-10-12-33-6-3-4-7-35(33)16-31)51(69)59-55(2)49(67)19-38(28-64)73-54(55)74-48-9-5-8-36-17-32(11-14-39(36)48)24-62-26-43(41-21-45(58)44(57)22-47(41)62)52(70)60-56(29-65)50(68)20-37(27-63)72-53(56)71/h3-18,21-22,25-26,37-38,49-50,53-54,63-65,67-68,71H,19-20,23-24,27-29H2,1-2H3,(H,59,69)(H,60,70)/t37-,38-,49-,50-,53?,54?,55+,56+/m0/s1. The van der Waals surface area contributed by atoms with E-state index in [1.54, 1.807) is 54.1 Å². The van der Waals surface area contributed by atoms with Gasteiger partial charge in [0.15, 0.2) is 12.1 Å². The first-order valence-electron chi connectivity index (χ1n) is 24.1. The van der Waals surface area contributed by atoms with Gasteiger partial charge in [-0.1, -0.05) is 84.4 Å². The minimum atomic E-state index is -2.06. The number of amides is 2. The van der Waals surface area contributed by atoms with Crippen LogP contribution in [-0.2, 0) is 22.6 Å². The molecule has 0 saturated carbocycles. The molecule has 6 aromatic carbocycles. The average Bonchev–Trinajstić information content (AvgIpc) is 3.93. The lowest BCUT2D eigenvalue weighted by Crippen LogP contribution is -2.70. The maximum absolute atomic E-state index is 15.0. The van der Waals surface area contributed by atoms with Crippen LogP contribution in [0.1, 0.15) is 68.9 Å². The number of ketones is 1. The van der Waals surface area contributed by atoms with Gasteiger partial charge in [-0.25, -0.2) is 4.39 Å². The molecule has 8 atom stereocenters. The van der Waals surface area contributed by atoms with Crippen molar-refractivity contribution in [1.29, 1.82) is 0 Å². The van der Waals surface area contributed by atoms with E-state index in [2.05, 4.69) is 16.7 Å². The van der Waals surface area contributed by atoms with E-state index < -0.39 is 85.5 Å². The van der Waals surface area contributed by atoms with Gasteiger partial charge in [-0.2, -0.15) is 0 Å². The van der Waals surface area contributed by atoms with Gasteiger partial charge >= 0.3 is 0 Å². The monoisotopic (exact) mass is 1030 g/mol. The molecule has 2 unspecified atom stereocenters. The van der Waals surface area contributed by atoms with E-state index in [9.17, 15) is 45.0 Å². The highest BCUT2D eigenvalue weighted by molar-refractivity contribution is 6.31. The predicted molar refractivity (Wildman–Crippen MR) is 274 cm³/mol. The maximum atomic E-state index is 15.0. The average molecular weight is 1030 g/mol. The van der Waals surface area contributed by atoms with Crippen molar-refractivity contribution in [3.05, 3.63) is 160 Å². The van der Waals surface area contributed by atoms with Gasteiger partial charge in [0, 0.05) is 65.6 Å². The van der Waals surface area contributed by atoms with Crippen LogP contribution in [-0.4, -0.2) is 125 Å². The first kappa shape index (κ1) is 50.7. The number of nitrogens with one attached hydrogen (secondary N) is 2. The summed E-state index contributed by atoms with van der Waals surface area (Å²) in [5.41, 5.74) is -0.162. The van der Waals surface area contributed by atoms with Crippen molar-refractivity contribution >= 4 is 72.5 Å². The number of benzene rings is 6. The fraction of sp³-hybridized carbons (Fsp3) is 0.304. The molecule has 8 N–H and O–H groups in total. The van der Waals surface area contributed by atoms with E-state index in [1.165, 1.54) is 19.2 Å². The molecule has 2 aromatic heterocycles. The van der Waals surface area contributed by atoms with Crippen LogP contribution in [0.25, 0.3) is 43.4 Å². The van der Waals surface area contributed by atoms with Crippen molar-refractivity contribution in [2.24, 2.45) is 0 Å².